The van der Waals surface area contributed by atoms with Crippen LogP contribution in [0, 0.1) is 0 Å². The Morgan fingerprint density at radius 1 is 1.19 bits per heavy atom. The molecule has 1 unspecified atom stereocenters. The van der Waals surface area contributed by atoms with E-state index in [1.165, 1.54) is 11.9 Å². The van der Waals surface area contributed by atoms with Crippen LogP contribution in [0.25, 0.3) is 0 Å². The van der Waals surface area contributed by atoms with Gasteiger partial charge in [0.2, 0.25) is 0 Å². The summed E-state index contributed by atoms with van der Waals surface area (Å²) in [6.07, 6.45) is 3.00. The summed E-state index contributed by atoms with van der Waals surface area (Å²) >= 11 is 0. The van der Waals surface area contributed by atoms with E-state index in [-0.39, 0.29) is 24.1 Å². The van der Waals surface area contributed by atoms with Gasteiger partial charge in [-0.2, -0.15) is 0 Å². The number of benzene rings is 1. The highest BCUT2D eigenvalue weighted by Crippen LogP contribution is 2.19. The average molecular weight is 523 g/mol. The number of aliphatic hydroxyl groups excluding tert-OH is 1. The first kappa shape index (κ1) is 31.4. The number of urea groups is 1. The van der Waals surface area contributed by atoms with Crippen molar-refractivity contribution in [3.8, 4) is 5.75 Å². The number of nitrogens with zero attached hydrogens (tertiary/aromatic N) is 2. The fourth-order valence-corrected chi connectivity index (χ4v) is 3.31. The summed E-state index contributed by atoms with van der Waals surface area (Å²) in [7, 11) is 1.50. The predicted octanol–water partition coefficient (Wildman–Crippen LogP) is 2.40. The lowest BCUT2D eigenvalue weighted by atomic mass is 10.1. The lowest BCUT2D eigenvalue weighted by Crippen LogP contribution is -2.46. The zero-order valence-electron chi connectivity index (χ0n) is 21.7. The first-order valence-electron chi connectivity index (χ1n) is 11.9. The molecule has 0 aliphatic heterocycles. The van der Waals surface area contributed by atoms with Gasteiger partial charge in [-0.25, -0.2) is 14.4 Å². The topological polar surface area (TPSA) is 181 Å². The third-order valence-electron chi connectivity index (χ3n) is 5.09. The van der Waals surface area contributed by atoms with Crippen LogP contribution in [-0.4, -0.2) is 81.1 Å². The number of carboxylic acid groups (broad SMARTS) is 2. The molecular formula is C25H38N4O8. The van der Waals surface area contributed by atoms with E-state index in [4.69, 9.17) is 20.2 Å². The Hall–Kier alpha value is -3.64. The van der Waals surface area contributed by atoms with E-state index in [1.807, 2.05) is 45.0 Å². The van der Waals surface area contributed by atoms with Gasteiger partial charge in [-0.1, -0.05) is 17.3 Å². The van der Waals surface area contributed by atoms with E-state index in [1.54, 1.807) is 0 Å². The van der Waals surface area contributed by atoms with Crippen molar-refractivity contribution >= 4 is 23.7 Å². The van der Waals surface area contributed by atoms with Crippen molar-refractivity contribution in [2.75, 3.05) is 20.2 Å². The van der Waals surface area contributed by atoms with Crippen LogP contribution in [0.15, 0.2) is 41.2 Å². The molecule has 1 atom stereocenters. The lowest BCUT2D eigenvalue weighted by molar-refractivity contribution is -0.135. The number of oxime groups is 1. The molecule has 37 heavy (non-hydrogen) atoms. The first-order chi connectivity index (χ1) is 17.3. The number of nitrogens with one attached hydrogen (secondary N) is 2. The molecule has 0 aromatic heterocycles. The van der Waals surface area contributed by atoms with Gasteiger partial charge in [-0.05, 0) is 64.2 Å². The van der Waals surface area contributed by atoms with Gasteiger partial charge in [-0.3, -0.25) is 5.32 Å². The molecule has 12 nitrogen and oxygen atoms in total. The molecule has 0 saturated carbocycles. The summed E-state index contributed by atoms with van der Waals surface area (Å²) in [5.41, 5.74) is 0.361. The van der Waals surface area contributed by atoms with Crippen LogP contribution < -0.4 is 15.4 Å². The van der Waals surface area contributed by atoms with Crippen LogP contribution in [0.1, 0.15) is 52.0 Å². The number of rotatable bonds is 15. The van der Waals surface area contributed by atoms with E-state index in [2.05, 4.69) is 15.8 Å². The Balaban J connectivity index is 2.64. The molecule has 6 N–H and O–H groups in total. The Kier molecular flexibility index (Phi) is 13.1. The molecule has 0 fully saturated rings. The number of aliphatic hydroxyl groups is 1. The fraction of sp³-hybridized carbons (Fsp3) is 0.520. The van der Waals surface area contributed by atoms with Crippen molar-refractivity contribution < 1.29 is 39.6 Å². The normalized spacial score (nSPS) is 13.1. The molecule has 0 aliphatic rings. The molecule has 0 saturated heterocycles. The monoisotopic (exact) mass is 522 g/mol. The molecule has 0 heterocycles. The molecule has 0 aliphatic carbocycles. The molecule has 1 rings (SSSR count). The highest BCUT2D eigenvalue weighted by atomic mass is 16.5. The van der Waals surface area contributed by atoms with E-state index < -0.39 is 23.7 Å². The zero-order valence-corrected chi connectivity index (χ0v) is 21.7. The summed E-state index contributed by atoms with van der Waals surface area (Å²) < 4.78 is 6.14. The predicted molar refractivity (Wildman–Crippen MR) is 137 cm³/mol. The van der Waals surface area contributed by atoms with Crippen molar-refractivity contribution in [1.29, 1.82) is 0 Å². The third-order valence-corrected chi connectivity index (χ3v) is 5.09. The summed E-state index contributed by atoms with van der Waals surface area (Å²) in [5.74, 6) is -2.35. The highest BCUT2D eigenvalue weighted by Gasteiger charge is 2.20. The summed E-state index contributed by atoms with van der Waals surface area (Å²) in [6.45, 7) is 6.04. The summed E-state index contributed by atoms with van der Waals surface area (Å²) in [6, 6.07) is 6.91. The average Bonchev–Trinajstić information content (AvgIpc) is 2.80. The standard InChI is InChI=1S/C25H38N4O8/c1-25(2,3)27-21(12-11-18(16-30)28-36)37-19-10-7-9-17(14-19)8-5-6-13-29(4)24(35)26-20(23(33)34)15-22(31)32/h7,9-10,14-15,21,27,30,36H,5-6,8,11-13,16H2,1-4H3,(H,26,35)(H,31,32)(H,33,34)/b20-15+,28-18?. The Morgan fingerprint density at radius 2 is 1.89 bits per heavy atom. The number of aliphatic carboxylic acids is 2. The summed E-state index contributed by atoms with van der Waals surface area (Å²) in [5, 5.41) is 44.4. The van der Waals surface area contributed by atoms with Crippen LogP contribution in [0.2, 0.25) is 0 Å². The van der Waals surface area contributed by atoms with Crippen LogP contribution in [0.4, 0.5) is 4.79 Å². The van der Waals surface area contributed by atoms with E-state index in [0.717, 1.165) is 18.4 Å². The maximum atomic E-state index is 12.1. The number of aryl methyl sites for hydroxylation is 1. The first-order valence-corrected chi connectivity index (χ1v) is 11.9. The minimum absolute atomic E-state index is 0.231. The van der Waals surface area contributed by atoms with Gasteiger partial charge >= 0.3 is 18.0 Å². The second-order valence-corrected chi connectivity index (χ2v) is 9.52. The summed E-state index contributed by atoms with van der Waals surface area (Å²) in [4.78, 5) is 35.2. The zero-order chi connectivity index (χ0) is 28.0. The number of amides is 2. The Morgan fingerprint density at radius 3 is 2.46 bits per heavy atom. The smallest absolute Gasteiger partial charge is 0.352 e. The van der Waals surface area contributed by atoms with E-state index >= 15 is 0 Å². The van der Waals surface area contributed by atoms with Gasteiger partial charge in [-0.15, -0.1) is 0 Å². The lowest BCUT2D eigenvalue weighted by Gasteiger charge is -2.29. The number of hydrogen-bond donors (Lipinski definition) is 6. The maximum absolute atomic E-state index is 12.1. The maximum Gasteiger partial charge on any atom is 0.352 e. The number of ether oxygens (including phenoxy) is 1. The van der Waals surface area contributed by atoms with Crippen LogP contribution in [0.5, 0.6) is 5.75 Å². The SMILES string of the molecule is CN(CCCCc1cccc(OC(CCC(CO)=NO)NC(C)(C)C)c1)C(=O)N/C(=C/C(=O)O)C(=O)O. The minimum Gasteiger partial charge on any atom is -0.478 e. The van der Waals surface area contributed by atoms with Crippen molar-refractivity contribution in [3.63, 3.8) is 0 Å². The van der Waals surface area contributed by atoms with E-state index in [9.17, 15) is 19.5 Å². The van der Waals surface area contributed by atoms with Gasteiger partial charge in [0.05, 0.1) is 18.4 Å². The van der Waals surface area contributed by atoms with Crippen molar-refractivity contribution in [2.24, 2.45) is 5.16 Å². The van der Waals surface area contributed by atoms with Crippen LogP contribution >= 0.6 is 0 Å². The van der Waals surface area contributed by atoms with Gasteiger partial charge in [0, 0.05) is 25.6 Å². The Bertz CT molecular complexity index is 972. The molecular weight excluding hydrogens is 484 g/mol. The molecule has 0 spiro atoms. The van der Waals surface area contributed by atoms with Crippen LogP contribution in [-0.2, 0) is 16.0 Å². The molecule has 1 aromatic carbocycles. The van der Waals surface area contributed by atoms with Gasteiger partial charge in [0.1, 0.15) is 11.4 Å². The van der Waals surface area contributed by atoms with E-state index in [0.29, 0.717) is 37.6 Å². The third kappa shape index (κ3) is 13.3. The van der Waals surface area contributed by atoms with Crippen LogP contribution in [0.3, 0.4) is 0 Å². The number of unbranched alkanes of at least 4 members (excludes halogenated alkanes) is 1. The van der Waals surface area contributed by atoms with Gasteiger partial charge in [0.15, 0.2) is 6.23 Å². The second-order valence-electron chi connectivity index (χ2n) is 9.52. The quantitative estimate of drug-likeness (QED) is 0.0503. The number of carbonyl (C=O) groups excluding carboxylic acids is 1. The fourth-order valence-electron chi connectivity index (χ4n) is 3.31. The van der Waals surface area contributed by atoms with Gasteiger partial charge in [0.25, 0.3) is 0 Å². The van der Waals surface area contributed by atoms with Crippen molar-refractivity contribution in [2.45, 2.75) is 64.6 Å². The number of carboxylic acids is 2. The molecule has 1 aromatic rings. The second kappa shape index (κ2) is 15.5. The largest absolute Gasteiger partial charge is 0.478 e. The molecule has 0 bridgehead atoms. The molecule has 2 amide bonds. The van der Waals surface area contributed by atoms with Crippen molar-refractivity contribution in [3.05, 3.63) is 41.6 Å². The molecule has 206 valence electrons. The Labute approximate surface area is 216 Å². The van der Waals surface area contributed by atoms with Crippen molar-refractivity contribution in [1.82, 2.24) is 15.5 Å². The number of hydrogen-bond acceptors (Lipinski definition) is 8. The highest BCUT2D eigenvalue weighted by molar-refractivity contribution is 5.97. The minimum atomic E-state index is -1.54. The number of carbonyl (C=O) groups is 3. The molecule has 0 radical (unpaired) electrons. The molecule has 12 heteroatoms. The van der Waals surface area contributed by atoms with Gasteiger partial charge < -0.3 is 35.5 Å².